The van der Waals surface area contributed by atoms with E-state index < -0.39 is 0 Å². The van der Waals surface area contributed by atoms with Gasteiger partial charge in [-0.3, -0.25) is 4.90 Å². The minimum absolute atomic E-state index is 0.122. The van der Waals surface area contributed by atoms with Crippen molar-refractivity contribution in [3.05, 3.63) is 72.8 Å². The molecule has 1 saturated heterocycles. The summed E-state index contributed by atoms with van der Waals surface area (Å²) >= 11 is 1.73. The Hall–Kier alpha value is -3.02. The molecule has 5 rings (SSSR count). The zero-order valence-electron chi connectivity index (χ0n) is 18.0. The molecule has 1 N–H and O–H groups in total. The summed E-state index contributed by atoms with van der Waals surface area (Å²) < 4.78 is 13.1. The van der Waals surface area contributed by atoms with Gasteiger partial charge in [0, 0.05) is 16.1 Å². The Balaban J connectivity index is 1.24. The monoisotopic (exact) mass is 445 g/mol. The quantitative estimate of drug-likeness (QED) is 0.335. The molecule has 1 fully saturated rings. The van der Waals surface area contributed by atoms with Crippen LogP contribution in [0.5, 0.6) is 23.0 Å². The number of fused-ring (bicyclic) bond motifs is 1. The molecule has 0 amide bonds. The Bertz CT molecular complexity index is 1150. The lowest BCUT2D eigenvalue weighted by molar-refractivity contribution is 0.183. The predicted octanol–water partition coefficient (Wildman–Crippen LogP) is 6.93. The standard InChI is InChI=1S/C27H27NO3S/c29-24-13-8-21(27-19-20-6-2-3-7-26(20)32-27)18-25(24)31-23-11-9-22(10-12-23)30-17-16-28-14-4-1-5-15-28/h2-3,6-13,18-19,29H,1,4-5,14-17H2. The van der Waals surface area contributed by atoms with Crippen molar-refractivity contribution in [2.75, 3.05) is 26.2 Å². The van der Waals surface area contributed by atoms with Crippen molar-refractivity contribution in [1.82, 2.24) is 4.90 Å². The molecule has 4 nitrogen and oxygen atoms in total. The van der Waals surface area contributed by atoms with Gasteiger partial charge in [-0.25, -0.2) is 0 Å². The van der Waals surface area contributed by atoms with E-state index in [4.69, 9.17) is 9.47 Å². The summed E-state index contributed by atoms with van der Waals surface area (Å²) in [5.41, 5.74) is 1.02. The van der Waals surface area contributed by atoms with Crippen LogP contribution in [0.4, 0.5) is 0 Å². The smallest absolute Gasteiger partial charge is 0.169 e. The maximum Gasteiger partial charge on any atom is 0.169 e. The average Bonchev–Trinajstić information content (AvgIpc) is 3.27. The van der Waals surface area contributed by atoms with Crippen molar-refractivity contribution >= 4 is 21.4 Å². The van der Waals surface area contributed by atoms with Gasteiger partial charge in [-0.05, 0) is 91.5 Å². The van der Waals surface area contributed by atoms with Gasteiger partial charge < -0.3 is 14.6 Å². The number of piperidine rings is 1. The molecule has 0 bridgehead atoms. The summed E-state index contributed by atoms with van der Waals surface area (Å²) in [5, 5.41) is 11.5. The second-order valence-electron chi connectivity index (χ2n) is 8.16. The van der Waals surface area contributed by atoms with E-state index in [9.17, 15) is 5.11 Å². The van der Waals surface area contributed by atoms with E-state index in [1.165, 1.54) is 42.4 Å². The second-order valence-corrected chi connectivity index (χ2v) is 9.24. The van der Waals surface area contributed by atoms with E-state index in [0.717, 1.165) is 22.7 Å². The summed E-state index contributed by atoms with van der Waals surface area (Å²) in [6.45, 7) is 4.02. The molecule has 2 heterocycles. The first kappa shape index (κ1) is 20.9. The van der Waals surface area contributed by atoms with Crippen LogP contribution in [-0.4, -0.2) is 36.2 Å². The largest absolute Gasteiger partial charge is 0.504 e. The zero-order valence-corrected chi connectivity index (χ0v) is 18.8. The molecular weight excluding hydrogens is 418 g/mol. The van der Waals surface area contributed by atoms with Crippen LogP contribution >= 0.6 is 11.3 Å². The van der Waals surface area contributed by atoms with Crippen molar-refractivity contribution < 1.29 is 14.6 Å². The number of hydrogen-bond acceptors (Lipinski definition) is 5. The fourth-order valence-corrected chi connectivity index (χ4v) is 5.14. The highest BCUT2D eigenvalue weighted by Crippen LogP contribution is 2.39. The molecule has 0 unspecified atom stereocenters. The normalized spacial score (nSPS) is 14.5. The minimum Gasteiger partial charge on any atom is -0.504 e. The van der Waals surface area contributed by atoms with Gasteiger partial charge in [0.2, 0.25) is 0 Å². The number of thiophene rings is 1. The summed E-state index contributed by atoms with van der Waals surface area (Å²) in [4.78, 5) is 3.61. The molecule has 0 atom stereocenters. The average molecular weight is 446 g/mol. The molecule has 1 aliphatic heterocycles. The van der Waals surface area contributed by atoms with E-state index in [-0.39, 0.29) is 5.75 Å². The lowest BCUT2D eigenvalue weighted by Gasteiger charge is -2.26. The predicted molar refractivity (Wildman–Crippen MR) is 131 cm³/mol. The maximum atomic E-state index is 10.3. The van der Waals surface area contributed by atoms with Gasteiger partial charge in [-0.1, -0.05) is 24.6 Å². The fourth-order valence-electron chi connectivity index (χ4n) is 4.08. The number of nitrogens with zero attached hydrogens (tertiary/aromatic N) is 1. The lowest BCUT2D eigenvalue weighted by atomic mass is 10.1. The molecule has 3 aromatic carbocycles. The molecule has 164 valence electrons. The van der Waals surface area contributed by atoms with Crippen LogP contribution in [0, 0.1) is 0 Å². The van der Waals surface area contributed by atoms with Crippen LogP contribution in [-0.2, 0) is 0 Å². The third kappa shape index (κ3) is 4.90. The van der Waals surface area contributed by atoms with Crippen molar-refractivity contribution in [1.29, 1.82) is 0 Å². The van der Waals surface area contributed by atoms with Crippen molar-refractivity contribution in [3.8, 4) is 33.4 Å². The molecule has 32 heavy (non-hydrogen) atoms. The van der Waals surface area contributed by atoms with E-state index in [2.05, 4.69) is 29.2 Å². The van der Waals surface area contributed by atoms with Gasteiger partial charge in [0.1, 0.15) is 18.1 Å². The van der Waals surface area contributed by atoms with Gasteiger partial charge in [0.05, 0.1) is 0 Å². The Kier molecular flexibility index (Phi) is 6.28. The highest BCUT2D eigenvalue weighted by molar-refractivity contribution is 7.22. The van der Waals surface area contributed by atoms with Crippen molar-refractivity contribution in [2.45, 2.75) is 19.3 Å². The molecule has 0 saturated carbocycles. The van der Waals surface area contributed by atoms with Crippen LogP contribution in [0.2, 0.25) is 0 Å². The number of aromatic hydroxyl groups is 1. The molecule has 5 heteroatoms. The van der Waals surface area contributed by atoms with Crippen LogP contribution in [0.3, 0.4) is 0 Å². The molecule has 0 spiro atoms. The van der Waals surface area contributed by atoms with Crippen molar-refractivity contribution in [3.63, 3.8) is 0 Å². The topological polar surface area (TPSA) is 41.9 Å². The van der Waals surface area contributed by atoms with E-state index >= 15 is 0 Å². The number of benzene rings is 3. The molecular formula is C27H27NO3S. The van der Waals surface area contributed by atoms with Gasteiger partial charge in [-0.2, -0.15) is 0 Å². The lowest BCUT2D eigenvalue weighted by Crippen LogP contribution is -2.33. The highest BCUT2D eigenvalue weighted by Gasteiger charge is 2.11. The summed E-state index contributed by atoms with van der Waals surface area (Å²) in [5.74, 6) is 2.06. The summed E-state index contributed by atoms with van der Waals surface area (Å²) in [6, 6.07) is 23.6. The number of ether oxygens (including phenoxy) is 2. The minimum atomic E-state index is 0.122. The molecule has 0 radical (unpaired) electrons. The SMILES string of the molecule is Oc1ccc(-c2cc3ccccc3s2)cc1Oc1ccc(OCCN2CCCCC2)cc1. The van der Waals surface area contributed by atoms with E-state index in [1.54, 1.807) is 17.4 Å². The Labute approximate surface area is 192 Å². The first-order valence-corrected chi connectivity index (χ1v) is 12.0. The molecule has 1 aliphatic rings. The van der Waals surface area contributed by atoms with E-state index in [1.807, 2.05) is 42.5 Å². The van der Waals surface area contributed by atoms with Crippen LogP contribution in [0.25, 0.3) is 20.5 Å². The Morgan fingerprint density at radius 3 is 2.44 bits per heavy atom. The van der Waals surface area contributed by atoms with Crippen LogP contribution in [0.15, 0.2) is 72.8 Å². The number of rotatable bonds is 7. The first-order chi connectivity index (χ1) is 15.7. The molecule has 4 aromatic rings. The van der Waals surface area contributed by atoms with Crippen LogP contribution in [0.1, 0.15) is 19.3 Å². The van der Waals surface area contributed by atoms with Gasteiger partial charge in [0.15, 0.2) is 11.5 Å². The van der Waals surface area contributed by atoms with Gasteiger partial charge >= 0.3 is 0 Å². The summed E-state index contributed by atoms with van der Waals surface area (Å²) in [7, 11) is 0. The Morgan fingerprint density at radius 2 is 1.62 bits per heavy atom. The Morgan fingerprint density at radius 1 is 0.844 bits per heavy atom. The third-order valence-electron chi connectivity index (χ3n) is 5.85. The molecule has 0 aliphatic carbocycles. The summed E-state index contributed by atoms with van der Waals surface area (Å²) in [6.07, 6.45) is 3.94. The van der Waals surface area contributed by atoms with Gasteiger partial charge in [-0.15, -0.1) is 11.3 Å². The van der Waals surface area contributed by atoms with Crippen LogP contribution < -0.4 is 9.47 Å². The maximum absolute atomic E-state index is 10.3. The van der Waals surface area contributed by atoms with Crippen molar-refractivity contribution in [2.24, 2.45) is 0 Å². The third-order valence-corrected chi connectivity index (χ3v) is 7.01. The van der Waals surface area contributed by atoms with Gasteiger partial charge in [0.25, 0.3) is 0 Å². The highest BCUT2D eigenvalue weighted by atomic mass is 32.1. The number of phenolic OH excluding ortho intramolecular Hbond substituents is 1. The zero-order chi connectivity index (χ0) is 21.8. The fraction of sp³-hybridized carbons (Fsp3) is 0.259. The number of phenols is 1. The first-order valence-electron chi connectivity index (χ1n) is 11.2. The van der Waals surface area contributed by atoms with E-state index in [0.29, 0.717) is 18.1 Å². The number of likely N-dealkylation sites (tertiary alicyclic amines) is 1. The molecule has 1 aromatic heterocycles. The second kappa shape index (κ2) is 9.63. The number of hydrogen-bond donors (Lipinski definition) is 1.